The summed E-state index contributed by atoms with van der Waals surface area (Å²) in [5.74, 6) is 0.198. The number of rotatable bonds is 3. The maximum atomic E-state index is 13.5. The van der Waals surface area contributed by atoms with Gasteiger partial charge in [0.1, 0.15) is 5.75 Å². The van der Waals surface area contributed by atoms with Crippen LogP contribution < -0.4 is 15.6 Å². The van der Waals surface area contributed by atoms with E-state index in [4.69, 9.17) is 4.74 Å². The highest BCUT2D eigenvalue weighted by Crippen LogP contribution is 2.45. The lowest BCUT2D eigenvalue weighted by molar-refractivity contribution is -0.151. The molecule has 150 valence electrons. The Bertz CT molecular complexity index is 811. The van der Waals surface area contributed by atoms with E-state index >= 15 is 0 Å². The third-order valence-electron chi connectivity index (χ3n) is 7.17. The van der Waals surface area contributed by atoms with E-state index in [-0.39, 0.29) is 36.4 Å². The lowest BCUT2D eigenvalue weighted by Gasteiger charge is -2.29. The molecule has 3 unspecified atom stereocenters. The Morgan fingerprint density at radius 2 is 2.04 bits per heavy atom. The van der Waals surface area contributed by atoms with Crippen molar-refractivity contribution in [2.45, 2.75) is 38.3 Å². The second-order valence-corrected chi connectivity index (χ2v) is 8.94. The van der Waals surface area contributed by atoms with Crippen LogP contribution in [-0.4, -0.2) is 53.7 Å². The highest BCUT2D eigenvalue weighted by Gasteiger charge is 2.57. The number of hydrazine groups is 1. The van der Waals surface area contributed by atoms with Gasteiger partial charge in [0.25, 0.3) is 0 Å². The standard InChI is InChI=1S/C21H27N3O4/c1-12-17(18(23-22-12)13-6-7-13)19(25)24-9-15-10-28-16-5-3-2-4-14(16)8-21(15,11-24)20(26)27/h2-5,12-13,15,17-18,22-23H,6-11H2,1H3,(H,26,27)/t12?,15-,17?,18?,21+/m1/s1. The second-order valence-electron chi connectivity index (χ2n) is 8.94. The van der Waals surface area contributed by atoms with Gasteiger partial charge < -0.3 is 14.7 Å². The first-order chi connectivity index (χ1) is 13.5. The summed E-state index contributed by atoms with van der Waals surface area (Å²) in [6.45, 7) is 3.05. The number of benzene rings is 1. The number of para-hydroxylation sites is 1. The molecule has 3 N–H and O–H groups in total. The number of aliphatic carboxylic acids is 1. The Balaban J connectivity index is 1.42. The molecule has 4 aliphatic rings. The molecule has 28 heavy (non-hydrogen) atoms. The van der Waals surface area contributed by atoms with Crippen molar-refractivity contribution >= 4 is 11.9 Å². The molecule has 3 heterocycles. The van der Waals surface area contributed by atoms with Gasteiger partial charge in [-0.15, -0.1) is 0 Å². The molecule has 3 fully saturated rings. The maximum absolute atomic E-state index is 13.5. The van der Waals surface area contributed by atoms with E-state index in [1.807, 2.05) is 31.2 Å². The highest BCUT2D eigenvalue weighted by molar-refractivity contribution is 5.84. The van der Waals surface area contributed by atoms with Crippen molar-refractivity contribution in [3.63, 3.8) is 0 Å². The van der Waals surface area contributed by atoms with Gasteiger partial charge in [-0.05, 0) is 43.7 Å². The van der Waals surface area contributed by atoms with Crippen LogP contribution >= 0.6 is 0 Å². The summed E-state index contributed by atoms with van der Waals surface area (Å²) in [4.78, 5) is 27.7. The van der Waals surface area contributed by atoms with Gasteiger partial charge in [-0.1, -0.05) is 18.2 Å². The van der Waals surface area contributed by atoms with Gasteiger partial charge in [-0.3, -0.25) is 20.4 Å². The number of fused-ring (bicyclic) bond motifs is 2. The number of ether oxygens (including phenoxy) is 1. The molecular weight excluding hydrogens is 358 g/mol. The van der Waals surface area contributed by atoms with E-state index < -0.39 is 11.4 Å². The number of carboxylic acid groups (broad SMARTS) is 1. The predicted octanol–water partition coefficient (Wildman–Crippen LogP) is 1.04. The normalized spacial score (nSPS) is 37.0. The van der Waals surface area contributed by atoms with Gasteiger partial charge >= 0.3 is 5.97 Å². The fourth-order valence-corrected chi connectivity index (χ4v) is 5.36. The third kappa shape index (κ3) is 2.71. The second kappa shape index (κ2) is 6.46. The number of nitrogens with one attached hydrogen (secondary N) is 2. The third-order valence-corrected chi connectivity index (χ3v) is 7.17. The minimum atomic E-state index is -0.986. The molecule has 5 rings (SSSR count). The van der Waals surface area contributed by atoms with Crippen molar-refractivity contribution in [2.24, 2.45) is 23.2 Å². The van der Waals surface area contributed by atoms with Crippen molar-refractivity contribution in [1.82, 2.24) is 15.8 Å². The number of hydrogen-bond acceptors (Lipinski definition) is 5. The molecule has 0 bridgehead atoms. The van der Waals surface area contributed by atoms with Crippen LogP contribution in [0, 0.1) is 23.2 Å². The molecule has 1 saturated carbocycles. The van der Waals surface area contributed by atoms with Crippen LogP contribution in [0.5, 0.6) is 5.75 Å². The molecule has 2 saturated heterocycles. The molecule has 3 aliphatic heterocycles. The molecule has 1 aromatic carbocycles. The van der Waals surface area contributed by atoms with Crippen LogP contribution in [0.4, 0.5) is 0 Å². The molecule has 0 spiro atoms. The van der Waals surface area contributed by atoms with E-state index in [0.29, 0.717) is 25.5 Å². The lowest BCUT2D eigenvalue weighted by Crippen LogP contribution is -2.46. The first kappa shape index (κ1) is 17.9. The first-order valence-corrected chi connectivity index (χ1v) is 10.2. The SMILES string of the molecule is CC1NNC(C2CC2)C1C(=O)N1C[C@@H]2COc3ccccc3C[C@]2(C(=O)O)C1. The summed E-state index contributed by atoms with van der Waals surface area (Å²) in [6, 6.07) is 7.83. The molecule has 7 nitrogen and oxygen atoms in total. The lowest BCUT2D eigenvalue weighted by atomic mass is 9.74. The number of carbonyl (C=O) groups is 2. The average molecular weight is 385 g/mol. The zero-order valence-electron chi connectivity index (χ0n) is 16.1. The molecule has 1 aliphatic carbocycles. The number of carboxylic acids is 1. The summed E-state index contributed by atoms with van der Waals surface area (Å²) >= 11 is 0. The zero-order chi connectivity index (χ0) is 19.5. The van der Waals surface area contributed by atoms with Crippen LogP contribution in [0.1, 0.15) is 25.3 Å². The smallest absolute Gasteiger partial charge is 0.312 e. The van der Waals surface area contributed by atoms with E-state index in [2.05, 4.69) is 10.9 Å². The Hall–Kier alpha value is -2.12. The molecule has 7 heteroatoms. The van der Waals surface area contributed by atoms with Crippen LogP contribution in [0.25, 0.3) is 0 Å². The largest absolute Gasteiger partial charge is 0.493 e. The summed E-state index contributed by atoms with van der Waals surface area (Å²) in [5.41, 5.74) is 6.45. The topological polar surface area (TPSA) is 90.9 Å². The minimum absolute atomic E-state index is 0.0428. The Labute approximate surface area is 164 Å². The Morgan fingerprint density at radius 3 is 2.79 bits per heavy atom. The van der Waals surface area contributed by atoms with Crippen LogP contribution in [0.15, 0.2) is 24.3 Å². The maximum Gasteiger partial charge on any atom is 0.312 e. The number of hydrogen-bond donors (Lipinski definition) is 3. The predicted molar refractivity (Wildman–Crippen MR) is 102 cm³/mol. The summed E-state index contributed by atoms with van der Waals surface area (Å²) in [6.07, 6.45) is 2.71. The van der Waals surface area contributed by atoms with E-state index in [1.54, 1.807) is 4.90 Å². The molecule has 0 aromatic heterocycles. The molecule has 5 atom stereocenters. The zero-order valence-corrected chi connectivity index (χ0v) is 16.1. The van der Waals surface area contributed by atoms with Gasteiger partial charge in [0.05, 0.1) is 17.9 Å². The number of carbonyl (C=O) groups excluding carboxylic acids is 1. The highest BCUT2D eigenvalue weighted by atomic mass is 16.5. The summed E-state index contributed by atoms with van der Waals surface area (Å²) < 4.78 is 5.96. The minimum Gasteiger partial charge on any atom is -0.493 e. The Morgan fingerprint density at radius 1 is 1.25 bits per heavy atom. The van der Waals surface area contributed by atoms with E-state index in [1.165, 1.54) is 0 Å². The van der Waals surface area contributed by atoms with Crippen LogP contribution in [0.3, 0.4) is 0 Å². The molecular formula is C21H27N3O4. The number of nitrogens with zero attached hydrogens (tertiary/aromatic N) is 1. The Kier molecular flexibility index (Phi) is 4.14. The monoisotopic (exact) mass is 385 g/mol. The van der Waals surface area contributed by atoms with Crippen molar-refractivity contribution in [3.05, 3.63) is 29.8 Å². The first-order valence-electron chi connectivity index (χ1n) is 10.2. The van der Waals surface area contributed by atoms with Crippen LogP contribution in [0.2, 0.25) is 0 Å². The van der Waals surface area contributed by atoms with Crippen molar-refractivity contribution in [3.8, 4) is 5.75 Å². The van der Waals surface area contributed by atoms with E-state index in [0.717, 1.165) is 24.2 Å². The quantitative estimate of drug-likeness (QED) is 0.720. The van der Waals surface area contributed by atoms with Gasteiger partial charge in [0.2, 0.25) is 5.91 Å². The fraction of sp³-hybridized carbons (Fsp3) is 0.619. The van der Waals surface area contributed by atoms with Crippen molar-refractivity contribution in [2.75, 3.05) is 19.7 Å². The summed E-state index contributed by atoms with van der Waals surface area (Å²) in [5, 5.41) is 10.2. The van der Waals surface area contributed by atoms with E-state index in [9.17, 15) is 14.7 Å². The molecule has 1 amide bonds. The van der Waals surface area contributed by atoms with Gasteiger partial charge in [-0.2, -0.15) is 0 Å². The average Bonchev–Trinajstić information content (AvgIpc) is 3.39. The van der Waals surface area contributed by atoms with Crippen LogP contribution in [-0.2, 0) is 16.0 Å². The molecule has 1 aromatic rings. The number of likely N-dealkylation sites (tertiary alicyclic amines) is 1. The van der Waals surface area contributed by atoms with Gasteiger partial charge in [0, 0.05) is 31.1 Å². The fourth-order valence-electron chi connectivity index (χ4n) is 5.36. The molecule has 0 radical (unpaired) electrons. The van der Waals surface area contributed by atoms with Gasteiger partial charge in [0.15, 0.2) is 0 Å². The van der Waals surface area contributed by atoms with Gasteiger partial charge in [-0.25, -0.2) is 0 Å². The van der Waals surface area contributed by atoms with Crippen molar-refractivity contribution in [1.29, 1.82) is 0 Å². The summed E-state index contributed by atoms with van der Waals surface area (Å²) in [7, 11) is 0. The van der Waals surface area contributed by atoms with Crippen molar-refractivity contribution < 1.29 is 19.4 Å². The number of amides is 1.